The molecule has 0 aliphatic carbocycles. The first-order valence-corrected chi connectivity index (χ1v) is 6.31. The van der Waals surface area contributed by atoms with E-state index >= 15 is 0 Å². The lowest BCUT2D eigenvalue weighted by Crippen LogP contribution is -2.40. The molecular formula is C14H21N3O2. The molecule has 5 nitrogen and oxygen atoms in total. The molecule has 1 atom stereocenters. The van der Waals surface area contributed by atoms with E-state index in [1.165, 1.54) is 0 Å². The van der Waals surface area contributed by atoms with Gasteiger partial charge in [-0.1, -0.05) is 19.1 Å². The molecular weight excluding hydrogens is 242 g/mol. The van der Waals surface area contributed by atoms with Crippen LogP contribution in [0.4, 0.5) is 0 Å². The molecule has 1 rings (SSSR count). The van der Waals surface area contributed by atoms with Gasteiger partial charge in [-0.05, 0) is 24.1 Å². The van der Waals surface area contributed by atoms with Crippen LogP contribution in [0.3, 0.4) is 0 Å². The quantitative estimate of drug-likeness (QED) is 0.823. The molecule has 0 bridgehead atoms. The van der Waals surface area contributed by atoms with Gasteiger partial charge in [0, 0.05) is 26.2 Å². The summed E-state index contributed by atoms with van der Waals surface area (Å²) in [5.74, 6) is -0.193. The Balaban J connectivity index is 2.68. The summed E-state index contributed by atoms with van der Waals surface area (Å²) < 4.78 is 0. The molecule has 2 amide bonds. The van der Waals surface area contributed by atoms with Gasteiger partial charge in [0.2, 0.25) is 5.91 Å². The average molecular weight is 263 g/mol. The number of rotatable bonds is 5. The number of likely N-dealkylation sites (N-methyl/N-ethyl adjacent to an activating group) is 1. The van der Waals surface area contributed by atoms with E-state index in [2.05, 4.69) is 5.32 Å². The third-order valence-corrected chi connectivity index (χ3v) is 3.00. The fourth-order valence-electron chi connectivity index (χ4n) is 1.72. The number of nitrogens with one attached hydrogen (secondary N) is 1. The van der Waals surface area contributed by atoms with Crippen LogP contribution in [0.5, 0.6) is 0 Å². The molecule has 1 unspecified atom stereocenters. The van der Waals surface area contributed by atoms with Gasteiger partial charge in [-0.15, -0.1) is 0 Å². The van der Waals surface area contributed by atoms with Gasteiger partial charge in [-0.2, -0.15) is 0 Å². The lowest BCUT2D eigenvalue weighted by Gasteiger charge is -2.20. The Bertz CT molecular complexity index is 443. The number of carbonyl (C=O) groups excluding carboxylic acids is 2. The van der Waals surface area contributed by atoms with Crippen molar-refractivity contribution in [1.82, 2.24) is 10.2 Å². The van der Waals surface area contributed by atoms with Gasteiger partial charge in [0.25, 0.3) is 5.91 Å². The molecule has 0 saturated heterocycles. The molecule has 0 aliphatic heterocycles. The van der Waals surface area contributed by atoms with Gasteiger partial charge in [0.1, 0.15) is 0 Å². The summed E-state index contributed by atoms with van der Waals surface area (Å²) in [6.45, 7) is 2.37. The zero-order valence-electron chi connectivity index (χ0n) is 11.6. The van der Waals surface area contributed by atoms with Crippen LogP contribution < -0.4 is 11.1 Å². The second-order valence-corrected chi connectivity index (χ2v) is 4.49. The molecule has 0 aliphatic rings. The molecule has 1 aromatic rings. The maximum atomic E-state index is 11.8. The van der Waals surface area contributed by atoms with Gasteiger partial charge in [0.05, 0.1) is 6.04 Å². The van der Waals surface area contributed by atoms with E-state index in [9.17, 15) is 9.59 Å². The molecule has 0 aromatic heterocycles. The summed E-state index contributed by atoms with van der Waals surface area (Å²) in [4.78, 5) is 24.8. The number of carbonyl (C=O) groups is 2. The van der Waals surface area contributed by atoms with Gasteiger partial charge in [-0.25, -0.2) is 0 Å². The zero-order valence-corrected chi connectivity index (χ0v) is 11.6. The first kappa shape index (κ1) is 15.2. The Morgan fingerprint density at radius 3 is 2.37 bits per heavy atom. The largest absolute Gasteiger partial charge is 0.355 e. The van der Waals surface area contributed by atoms with Crippen LogP contribution >= 0.6 is 0 Å². The fourth-order valence-corrected chi connectivity index (χ4v) is 1.72. The number of hydrogen-bond acceptors (Lipinski definition) is 3. The maximum absolute atomic E-state index is 11.8. The Morgan fingerprint density at radius 2 is 1.89 bits per heavy atom. The van der Waals surface area contributed by atoms with Crippen LogP contribution in [-0.4, -0.2) is 36.9 Å². The van der Waals surface area contributed by atoms with E-state index in [0.29, 0.717) is 18.5 Å². The second kappa shape index (κ2) is 6.89. The van der Waals surface area contributed by atoms with Crippen LogP contribution in [0.25, 0.3) is 0 Å². The highest BCUT2D eigenvalue weighted by Gasteiger charge is 2.16. The summed E-state index contributed by atoms with van der Waals surface area (Å²) in [6, 6.07) is 6.71. The predicted molar refractivity (Wildman–Crippen MR) is 74.6 cm³/mol. The van der Waals surface area contributed by atoms with Crippen molar-refractivity contribution in [3.63, 3.8) is 0 Å². The Morgan fingerprint density at radius 1 is 1.32 bits per heavy atom. The summed E-state index contributed by atoms with van der Waals surface area (Å²) in [5.41, 5.74) is 7.28. The van der Waals surface area contributed by atoms with E-state index in [1.807, 2.05) is 19.1 Å². The summed E-state index contributed by atoms with van der Waals surface area (Å²) in [5, 5.41) is 2.56. The third-order valence-electron chi connectivity index (χ3n) is 3.00. The first-order chi connectivity index (χ1) is 8.99. The summed E-state index contributed by atoms with van der Waals surface area (Å²) in [6.07, 6.45) is 0.624. The highest BCUT2D eigenvalue weighted by Crippen LogP contribution is 2.08. The molecule has 104 valence electrons. The topological polar surface area (TPSA) is 75.4 Å². The van der Waals surface area contributed by atoms with Gasteiger partial charge in [-0.3, -0.25) is 9.59 Å². The van der Waals surface area contributed by atoms with Crippen LogP contribution in [0, 0.1) is 0 Å². The Labute approximate surface area is 113 Å². The van der Waals surface area contributed by atoms with Crippen molar-refractivity contribution in [2.45, 2.75) is 25.9 Å². The minimum atomic E-state index is -0.449. The minimum Gasteiger partial charge on any atom is -0.355 e. The molecule has 5 heteroatoms. The molecule has 0 heterocycles. The number of nitrogens with two attached hydrogens (primary N) is 1. The number of benzene rings is 1. The molecule has 0 saturated carbocycles. The van der Waals surface area contributed by atoms with Crippen molar-refractivity contribution >= 4 is 11.8 Å². The lowest BCUT2D eigenvalue weighted by molar-refractivity contribution is -0.131. The molecule has 0 spiro atoms. The normalized spacial score (nSPS) is 11.8. The molecule has 19 heavy (non-hydrogen) atoms. The van der Waals surface area contributed by atoms with Crippen LogP contribution in [0.2, 0.25) is 0 Å². The smallest absolute Gasteiger partial charge is 0.251 e. The predicted octanol–water partition coefficient (Wildman–Crippen LogP) is 0.742. The SMILES string of the molecule is CCC(N)C(=O)N(C)Cc1ccc(C(=O)NC)cc1. The van der Waals surface area contributed by atoms with Gasteiger partial charge >= 0.3 is 0 Å². The molecule has 1 aromatic carbocycles. The van der Waals surface area contributed by atoms with Crippen LogP contribution in [-0.2, 0) is 11.3 Å². The van der Waals surface area contributed by atoms with Crippen molar-refractivity contribution in [3.8, 4) is 0 Å². The van der Waals surface area contributed by atoms with Crippen molar-refractivity contribution in [2.75, 3.05) is 14.1 Å². The number of hydrogen-bond donors (Lipinski definition) is 2. The van der Waals surface area contributed by atoms with Crippen molar-refractivity contribution in [2.24, 2.45) is 5.73 Å². The summed E-state index contributed by atoms with van der Waals surface area (Å²) >= 11 is 0. The van der Waals surface area contributed by atoms with Gasteiger partial charge in [0.15, 0.2) is 0 Å². The monoisotopic (exact) mass is 263 g/mol. The molecule has 0 radical (unpaired) electrons. The van der Waals surface area contributed by atoms with Crippen molar-refractivity contribution in [3.05, 3.63) is 35.4 Å². The average Bonchev–Trinajstić information content (AvgIpc) is 2.45. The molecule has 0 fully saturated rings. The second-order valence-electron chi connectivity index (χ2n) is 4.49. The van der Waals surface area contributed by atoms with Gasteiger partial charge < -0.3 is 16.0 Å². The highest BCUT2D eigenvalue weighted by molar-refractivity contribution is 5.93. The van der Waals surface area contributed by atoms with E-state index < -0.39 is 6.04 Å². The first-order valence-electron chi connectivity index (χ1n) is 6.31. The van der Waals surface area contributed by atoms with Crippen molar-refractivity contribution < 1.29 is 9.59 Å². The lowest BCUT2D eigenvalue weighted by atomic mass is 10.1. The van der Waals surface area contributed by atoms with Crippen LogP contribution in [0.1, 0.15) is 29.3 Å². The third kappa shape index (κ3) is 4.06. The van der Waals surface area contributed by atoms with Crippen molar-refractivity contribution in [1.29, 1.82) is 0 Å². The Kier molecular flexibility index (Phi) is 5.51. The maximum Gasteiger partial charge on any atom is 0.251 e. The van der Waals surface area contributed by atoms with Crippen LogP contribution in [0.15, 0.2) is 24.3 Å². The summed E-state index contributed by atoms with van der Waals surface area (Å²) in [7, 11) is 3.32. The highest BCUT2D eigenvalue weighted by atomic mass is 16.2. The minimum absolute atomic E-state index is 0.0714. The number of amides is 2. The van der Waals surface area contributed by atoms with E-state index in [1.54, 1.807) is 31.1 Å². The molecule has 3 N–H and O–H groups in total. The van der Waals surface area contributed by atoms with E-state index in [-0.39, 0.29) is 11.8 Å². The number of nitrogens with zero attached hydrogens (tertiary/aromatic N) is 1. The van der Waals surface area contributed by atoms with E-state index in [4.69, 9.17) is 5.73 Å². The standard InChI is InChI=1S/C14H21N3O2/c1-4-12(15)14(19)17(3)9-10-5-7-11(8-6-10)13(18)16-2/h5-8,12H,4,9,15H2,1-3H3,(H,16,18). The Hall–Kier alpha value is -1.88. The fraction of sp³-hybridized carbons (Fsp3) is 0.429. The zero-order chi connectivity index (χ0) is 14.4. The van der Waals surface area contributed by atoms with E-state index in [0.717, 1.165) is 5.56 Å².